The monoisotopic (exact) mass is 327 g/mol. The lowest BCUT2D eigenvalue weighted by atomic mass is 9.98. The van der Waals surface area contributed by atoms with Gasteiger partial charge in [0.2, 0.25) is 0 Å². The topological polar surface area (TPSA) is 39.1 Å². The van der Waals surface area contributed by atoms with E-state index in [0.29, 0.717) is 6.54 Å². The maximum atomic E-state index is 12.9. The highest BCUT2D eigenvalue weighted by Crippen LogP contribution is 2.47. The van der Waals surface area contributed by atoms with Gasteiger partial charge in [-0.3, -0.25) is 0 Å². The van der Waals surface area contributed by atoms with Gasteiger partial charge in [0.1, 0.15) is 11.6 Å². The fourth-order valence-corrected chi connectivity index (χ4v) is 4.05. The minimum absolute atomic E-state index is 0.0441. The Labute approximate surface area is 137 Å². The molecule has 0 saturated heterocycles. The molecule has 24 heavy (non-hydrogen) atoms. The number of nitrogens with zero attached hydrogens (tertiary/aromatic N) is 2. The van der Waals surface area contributed by atoms with Gasteiger partial charge < -0.3 is 14.6 Å². The average molecular weight is 327 g/mol. The van der Waals surface area contributed by atoms with Gasteiger partial charge in [-0.05, 0) is 30.2 Å². The number of imidazole rings is 1. The van der Waals surface area contributed by atoms with E-state index in [1.54, 1.807) is 12.1 Å². The van der Waals surface area contributed by atoms with Gasteiger partial charge in [0.05, 0.1) is 23.1 Å². The van der Waals surface area contributed by atoms with Gasteiger partial charge in [-0.2, -0.15) is 8.78 Å². The first kappa shape index (κ1) is 13.9. The molecule has 1 aromatic heterocycles. The van der Waals surface area contributed by atoms with Crippen molar-refractivity contribution in [3.8, 4) is 5.75 Å². The van der Waals surface area contributed by atoms with Gasteiger partial charge >= 0.3 is 6.61 Å². The molecule has 2 atom stereocenters. The van der Waals surface area contributed by atoms with Crippen molar-refractivity contribution < 1.29 is 13.5 Å². The summed E-state index contributed by atoms with van der Waals surface area (Å²) in [5.74, 6) is 1.24. The van der Waals surface area contributed by atoms with E-state index in [4.69, 9.17) is 9.72 Å². The van der Waals surface area contributed by atoms with Crippen molar-refractivity contribution >= 4 is 11.0 Å². The van der Waals surface area contributed by atoms with Crippen molar-refractivity contribution in [2.45, 2.75) is 31.7 Å². The van der Waals surface area contributed by atoms with Crippen LogP contribution in [0.15, 0.2) is 42.5 Å². The lowest BCUT2D eigenvalue weighted by Crippen LogP contribution is -2.20. The Hall–Kier alpha value is -2.47. The molecule has 2 bridgehead atoms. The second-order valence-electron chi connectivity index (χ2n) is 6.22. The first-order valence-corrected chi connectivity index (χ1v) is 7.99. The van der Waals surface area contributed by atoms with Gasteiger partial charge in [-0.1, -0.05) is 24.3 Å². The van der Waals surface area contributed by atoms with Crippen LogP contribution in [0.4, 0.5) is 8.78 Å². The zero-order valence-electron chi connectivity index (χ0n) is 12.7. The molecule has 0 aliphatic carbocycles. The van der Waals surface area contributed by atoms with E-state index in [0.717, 1.165) is 34.4 Å². The summed E-state index contributed by atoms with van der Waals surface area (Å²) in [7, 11) is 0. The van der Waals surface area contributed by atoms with Gasteiger partial charge in [0.25, 0.3) is 0 Å². The number of fused-ring (bicyclic) bond motifs is 9. The molecule has 0 amide bonds. The number of halogens is 2. The van der Waals surface area contributed by atoms with Crippen LogP contribution < -0.4 is 10.1 Å². The van der Waals surface area contributed by atoms with Crippen LogP contribution in [0.2, 0.25) is 0 Å². The molecule has 2 unspecified atom stereocenters. The Bertz CT molecular complexity index is 937. The molecule has 2 aromatic carbocycles. The molecule has 6 heteroatoms. The lowest BCUT2D eigenvalue weighted by molar-refractivity contribution is -0.0507. The Kier molecular flexibility index (Phi) is 2.91. The predicted molar refractivity (Wildman–Crippen MR) is 85.1 cm³/mol. The summed E-state index contributed by atoms with van der Waals surface area (Å²) < 4.78 is 32.7. The predicted octanol–water partition coefficient (Wildman–Crippen LogP) is 3.78. The molecule has 122 valence electrons. The lowest BCUT2D eigenvalue weighted by Gasteiger charge is -2.21. The van der Waals surface area contributed by atoms with Gasteiger partial charge in [-0.15, -0.1) is 0 Å². The molecule has 0 radical (unpaired) electrons. The number of ether oxygens (including phenoxy) is 1. The average Bonchev–Trinajstić information content (AvgIpc) is 3.02. The van der Waals surface area contributed by atoms with Crippen molar-refractivity contribution in [2.24, 2.45) is 0 Å². The number of hydrogen-bond acceptors (Lipinski definition) is 3. The van der Waals surface area contributed by atoms with Crippen LogP contribution >= 0.6 is 0 Å². The van der Waals surface area contributed by atoms with Gasteiger partial charge in [-0.25, -0.2) is 4.98 Å². The number of benzene rings is 2. The van der Waals surface area contributed by atoms with Crippen LogP contribution in [0.1, 0.15) is 35.5 Å². The van der Waals surface area contributed by atoms with Crippen molar-refractivity contribution in [1.29, 1.82) is 0 Å². The normalized spacial score (nSPS) is 21.6. The molecule has 4 nitrogen and oxygen atoms in total. The van der Waals surface area contributed by atoms with Crippen molar-refractivity contribution in [2.75, 3.05) is 0 Å². The minimum Gasteiger partial charge on any atom is -0.434 e. The second-order valence-corrected chi connectivity index (χ2v) is 6.22. The number of para-hydroxylation sites is 2. The van der Waals surface area contributed by atoms with E-state index < -0.39 is 6.61 Å². The van der Waals surface area contributed by atoms with Gasteiger partial charge in [0, 0.05) is 12.1 Å². The third kappa shape index (κ3) is 1.89. The van der Waals surface area contributed by atoms with Crippen molar-refractivity contribution in [3.05, 3.63) is 59.4 Å². The Morgan fingerprint density at radius 3 is 2.92 bits per heavy atom. The summed E-state index contributed by atoms with van der Waals surface area (Å²) in [6, 6.07) is 13.4. The van der Waals surface area contributed by atoms with Crippen molar-refractivity contribution in [3.63, 3.8) is 0 Å². The fourth-order valence-electron chi connectivity index (χ4n) is 4.05. The molecular weight excluding hydrogens is 312 g/mol. The largest absolute Gasteiger partial charge is 0.434 e. The molecule has 2 aliphatic rings. The standard InChI is InChI=1S/C18H15F2N3O/c19-18(20)24-15-7-3-4-10-9-21-12-8-14(16(10)15)23-13-6-2-1-5-11(13)22-17(12)23/h1-7,12,14,18,21H,8-9H2. The molecule has 0 spiro atoms. The third-order valence-electron chi connectivity index (χ3n) is 4.95. The highest BCUT2D eigenvalue weighted by atomic mass is 19.3. The van der Waals surface area contributed by atoms with E-state index in [9.17, 15) is 8.78 Å². The van der Waals surface area contributed by atoms with Crippen LogP contribution in [-0.2, 0) is 6.54 Å². The van der Waals surface area contributed by atoms with E-state index in [1.165, 1.54) is 0 Å². The van der Waals surface area contributed by atoms with E-state index in [-0.39, 0.29) is 17.8 Å². The molecule has 0 saturated carbocycles. The summed E-state index contributed by atoms with van der Waals surface area (Å²) in [6.45, 7) is -2.20. The van der Waals surface area contributed by atoms with Crippen molar-refractivity contribution in [1.82, 2.24) is 14.9 Å². The highest BCUT2D eigenvalue weighted by molar-refractivity contribution is 5.77. The Balaban J connectivity index is 1.76. The molecular formula is C18H15F2N3O. The van der Waals surface area contributed by atoms with E-state index in [2.05, 4.69) is 9.88 Å². The number of rotatable bonds is 2. The fraction of sp³-hybridized carbons (Fsp3) is 0.278. The Morgan fingerprint density at radius 2 is 2.04 bits per heavy atom. The summed E-state index contributed by atoms with van der Waals surface area (Å²) in [5, 5.41) is 3.50. The maximum Gasteiger partial charge on any atom is 0.387 e. The maximum absolute atomic E-state index is 12.9. The quantitative estimate of drug-likeness (QED) is 0.779. The van der Waals surface area contributed by atoms with Gasteiger partial charge in [0.15, 0.2) is 0 Å². The molecule has 0 fully saturated rings. The Morgan fingerprint density at radius 1 is 1.17 bits per heavy atom. The SMILES string of the molecule is FC(F)Oc1cccc2c1C1CC(NC2)c2nc3ccccc3n21. The number of alkyl halides is 2. The number of nitrogens with one attached hydrogen (secondary N) is 1. The number of aromatic nitrogens is 2. The van der Waals surface area contributed by atoms with Crippen LogP contribution in [0, 0.1) is 0 Å². The second kappa shape index (κ2) is 5.01. The van der Waals surface area contributed by atoms with Crippen LogP contribution in [-0.4, -0.2) is 16.2 Å². The van der Waals surface area contributed by atoms with Crippen LogP contribution in [0.3, 0.4) is 0 Å². The smallest absolute Gasteiger partial charge is 0.387 e. The third-order valence-corrected chi connectivity index (χ3v) is 4.95. The van der Waals surface area contributed by atoms with Crippen LogP contribution in [0.25, 0.3) is 11.0 Å². The zero-order chi connectivity index (χ0) is 16.3. The summed E-state index contributed by atoms with van der Waals surface area (Å²) in [4.78, 5) is 4.75. The summed E-state index contributed by atoms with van der Waals surface area (Å²) >= 11 is 0. The van der Waals surface area contributed by atoms with E-state index >= 15 is 0 Å². The van der Waals surface area contributed by atoms with E-state index in [1.807, 2.05) is 30.3 Å². The number of hydrogen-bond donors (Lipinski definition) is 1. The molecule has 3 aromatic rings. The molecule has 3 heterocycles. The zero-order valence-corrected chi connectivity index (χ0v) is 12.7. The summed E-state index contributed by atoms with van der Waals surface area (Å²) in [6.07, 6.45) is 0.795. The first-order valence-electron chi connectivity index (χ1n) is 7.99. The van der Waals surface area contributed by atoms with Crippen LogP contribution in [0.5, 0.6) is 5.75 Å². The summed E-state index contributed by atoms with van der Waals surface area (Å²) in [5.41, 5.74) is 3.81. The first-order chi connectivity index (χ1) is 11.7. The molecule has 5 rings (SSSR count). The molecule has 2 aliphatic heterocycles. The highest BCUT2D eigenvalue weighted by Gasteiger charge is 2.39. The molecule has 1 N–H and O–H groups in total. The minimum atomic E-state index is -2.83.